The largest absolute Gasteiger partial charge is 0.872 e. The van der Waals surface area contributed by atoms with Crippen molar-refractivity contribution in [2.45, 2.75) is 32.5 Å². The number of ether oxygens (including phenoxy) is 3. The van der Waals surface area contributed by atoms with E-state index in [-0.39, 0.29) is 18.2 Å². The summed E-state index contributed by atoms with van der Waals surface area (Å²) in [5, 5.41) is 13.7. The lowest BCUT2D eigenvalue weighted by molar-refractivity contribution is -0.378. The van der Waals surface area contributed by atoms with E-state index in [1.807, 2.05) is 19.9 Å². The van der Waals surface area contributed by atoms with Crippen molar-refractivity contribution in [3.63, 3.8) is 0 Å². The fourth-order valence-electron chi connectivity index (χ4n) is 4.24. The molecule has 1 saturated heterocycles. The van der Waals surface area contributed by atoms with Gasteiger partial charge in [-0.1, -0.05) is 24.0 Å². The predicted molar refractivity (Wildman–Crippen MR) is 130 cm³/mol. The van der Waals surface area contributed by atoms with Crippen molar-refractivity contribution in [3.8, 4) is 17.2 Å². The third kappa shape index (κ3) is 4.88. The number of nitrogens with zero attached hydrogens (tertiary/aromatic N) is 1. The fourth-order valence-corrected chi connectivity index (χ4v) is 4.24. The van der Waals surface area contributed by atoms with E-state index < -0.39 is 23.5 Å². The third-order valence-electron chi connectivity index (χ3n) is 5.87. The van der Waals surface area contributed by atoms with Crippen molar-refractivity contribution < 1.29 is 33.9 Å². The summed E-state index contributed by atoms with van der Waals surface area (Å²) in [5.74, 6) is -0.527. The average molecular weight is 489 g/mol. The molecule has 0 aliphatic carbocycles. The molecule has 0 radical (unpaired) electrons. The molecule has 1 unspecified atom stereocenters. The fraction of sp³-hybridized carbons (Fsp3) is 0.250. The van der Waals surface area contributed by atoms with Crippen LogP contribution >= 0.6 is 0 Å². The Hall–Kier alpha value is -4.33. The molecule has 1 aliphatic rings. The molecular weight excluding hydrogens is 460 g/mol. The molecule has 2 aromatic carbocycles. The second-order valence-electron chi connectivity index (χ2n) is 8.62. The first-order valence-electron chi connectivity index (χ1n) is 11.5. The molecule has 1 amide bonds. The molecule has 4 rings (SSSR count). The zero-order valence-corrected chi connectivity index (χ0v) is 20.6. The number of aromatic nitrogens is 1. The normalized spacial score (nSPS) is 16.9. The van der Waals surface area contributed by atoms with Gasteiger partial charge >= 0.3 is 0 Å². The maximum Gasteiger partial charge on any atom is 0.295 e. The van der Waals surface area contributed by atoms with Crippen molar-refractivity contribution >= 4 is 17.4 Å². The Morgan fingerprint density at radius 3 is 2.36 bits per heavy atom. The van der Waals surface area contributed by atoms with E-state index in [1.54, 1.807) is 60.9 Å². The molecule has 1 fully saturated rings. The van der Waals surface area contributed by atoms with Crippen LogP contribution in [0.5, 0.6) is 17.2 Å². The Labute approximate surface area is 209 Å². The van der Waals surface area contributed by atoms with E-state index in [4.69, 9.17) is 14.2 Å². The second-order valence-corrected chi connectivity index (χ2v) is 8.62. The number of hydrogen-bond acceptors (Lipinski definition) is 6. The highest BCUT2D eigenvalue weighted by Gasteiger charge is 2.44. The molecule has 2 heterocycles. The van der Waals surface area contributed by atoms with Gasteiger partial charge < -0.3 is 24.2 Å². The minimum absolute atomic E-state index is 0.0202. The van der Waals surface area contributed by atoms with Crippen molar-refractivity contribution in [1.82, 2.24) is 4.90 Å². The molecule has 1 N–H and O–H groups in total. The number of hydrogen-bond donors (Lipinski definition) is 0. The number of likely N-dealkylation sites (tertiary alicyclic amines) is 1. The second kappa shape index (κ2) is 10.5. The topological polar surface area (TPSA) is 102 Å². The number of carbonyl (C=O) groups is 2. The van der Waals surface area contributed by atoms with E-state index in [2.05, 4.69) is 4.98 Å². The molecule has 1 aromatic heterocycles. The van der Waals surface area contributed by atoms with Gasteiger partial charge in [0.05, 0.1) is 32.9 Å². The molecule has 0 saturated carbocycles. The van der Waals surface area contributed by atoms with Gasteiger partial charge in [-0.2, -0.15) is 0 Å². The molecule has 186 valence electrons. The third-order valence-corrected chi connectivity index (χ3v) is 5.87. The number of nitrogens with one attached hydrogen (secondary N) is 1. The van der Waals surface area contributed by atoms with Gasteiger partial charge in [-0.3, -0.25) is 9.59 Å². The molecule has 0 spiro atoms. The van der Waals surface area contributed by atoms with Gasteiger partial charge in [0.1, 0.15) is 5.75 Å². The number of methoxy groups -OCH3 is 2. The van der Waals surface area contributed by atoms with Crippen LogP contribution in [0, 0.1) is 0 Å². The SMILES string of the molecule is COc1ccc(C2C(=C([O-])c3ccc(OC(C)C)cc3)C(=O)C(=O)N2Cc2ccc[nH+]c2)cc1OC. The Morgan fingerprint density at radius 1 is 1.03 bits per heavy atom. The summed E-state index contributed by atoms with van der Waals surface area (Å²) in [4.78, 5) is 30.9. The molecule has 8 heteroatoms. The van der Waals surface area contributed by atoms with Gasteiger partial charge in [0, 0.05) is 17.2 Å². The van der Waals surface area contributed by atoms with Crippen LogP contribution in [0.25, 0.3) is 5.76 Å². The van der Waals surface area contributed by atoms with Gasteiger partial charge in [-0.15, -0.1) is 0 Å². The van der Waals surface area contributed by atoms with Crippen LogP contribution in [0.1, 0.15) is 36.6 Å². The van der Waals surface area contributed by atoms with E-state index in [0.717, 1.165) is 5.56 Å². The van der Waals surface area contributed by atoms with Gasteiger partial charge in [-0.25, -0.2) is 4.98 Å². The standard InChI is InChI=1S/C28H28N2O6/c1-17(2)36-21-10-7-19(8-11-21)26(31)24-25(20-9-12-22(34-3)23(14-20)35-4)30(28(33)27(24)32)16-18-6-5-13-29-15-18/h5-15,17,25,31H,16H2,1-4H3. The summed E-state index contributed by atoms with van der Waals surface area (Å²) in [5.41, 5.74) is 1.54. The highest BCUT2D eigenvalue weighted by atomic mass is 16.5. The number of carbonyl (C=O) groups excluding carboxylic acids is 2. The van der Waals surface area contributed by atoms with E-state index in [1.165, 1.54) is 19.1 Å². The monoisotopic (exact) mass is 488 g/mol. The van der Waals surface area contributed by atoms with Crippen LogP contribution in [-0.2, 0) is 16.1 Å². The van der Waals surface area contributed by atoms with E-state index in [9.17, 15) is 14.7 Å². The number of amides is 1. The van der Waals surface area contributed by atoms with Gasteiger partial charge in [0.25, 0.3) is 5.91 Å². The summed E-state index contributed by atoms with van der Waals surface area (Å²) < 4.78 is 16.4. The number of aromatic amines is 1. The number of Topliss-reactive ketones (excluding diaryl/α,β-unsaturated/α-hetero) is 1. The van der Waals surface area contributed by atoms with E-state index >= 15 is 0 Å². The van der Waals surface area contributed by atoms with Crippen LogP contribution in [0.3, 0.4) is 0 Å². The minimum atomic E-state index is -0.899. The average Bonchev–Trinajstić information content (AvgIpc) is 3.13. The Balaban J connectivity index is 1.84. The lowest BCUT2D eigenvalue weighted by Gasteiger charge is -2.28. The number of pyridine rings is 1. The summed E-state index contributed by atoms with van der Waals surface area (Å²) in [7, 11) is 3.02. The first kappa shape index (κ1) is 24.8. The minimum Gasteiger partial charge on any atom is -0.872 e. The maximum atomic E-state index is 13.7. The van der Waals surface area contributed by atoms with Crippen LogP contribution < -0.4 is 24.3 Å². The van der Waals surface area contributed by atoms with Gasteiger partial charge in [-0.05, 0) is 55.3 Å². The summed E-state index contributed by atoms with van der Waals surface area (Å²) in [6.07, 6.45) is 3.48. The van der Waals surface area contributed by atoms with Crippen LogP contribution in [0.4, 0.5) is 0 Å². The van der Waals surface area contributed by atoms with Crippen molar-refractivity contribution in [2.24, 2.45) is 0 Å². The summed E-state index contributed by atoms with van der Waals surface area (Å²) >= 11 is 0. The molecule has 0 bridgehead atoms. The molecule has 8 nitrogen and oxygen atoms in total. The summed E-state index contributed by atoms with van der Waals surface area (Å²) in [6, 6.07) is 14.4. The van der Waals surface area contributed by atoms with Gasteiger partial charge in [0.2, 0.25) is 5.78 Å². The van der Waals surface area contributed by atoms with Crippen LogP contribution in [0.2, 0.25) is 0 Å². The molecule has 1 atom stereocenters. The quantitative estimate of drug-likeness (QED) is 0.275. The van der Waals surface area contributed by atoms with Crippen molar-refractivity contribution in [3.05, 3.63) is 89.3 Å². The highest BCUT2D eigenvalue weighted by Crippen LogP contribution is 2.42. The zero-order chi connectivity index (χ0) is 25.8. The number of rotatable bonds is 8. The molecule has 36 heavy (non-hydrogen) atoms. The highest BCUT2D eigenvalue weighted by molar-refractivity contribution is 6.46. The first-order chi connectivity index (χ1) is 17.3. The number of H-pyrrole nitrogens is 1. The Morgan fingerprint density at radius 2 is 1.75 bits per heavy atom. The smallest absolute Gasteiger partial charge is 0.295 e. The van der Waals surface area contributed by atoms with E-state index in [0.29, 0.717) is 28.4 Å². The molecular formula is C28H28N2O6. The Kier molecular flexibility index (Phi) is 7.24. The van der Waals surface area contributed by atoms with Crippen molar-refractivity contribution in [1.29, 1.82) is 0 Å². The molecule has 3 aromatic rings. The lowest BCUT2D eigenvalue weighted by Crippen LogP contribution is -2.29. The predicted octanol–water partition coefficient (Wildman–Crippen LogP) is 2.73. The van der Waals surface area contributed by atoms with Gasteiger partial charge in [0.15, 0.2) is 23.9 Å². The number of benzene rings is 2. The molecule has 1 aliphatic heterocycles. The lowest BCUT2D eigenvalue weighted by atomic mass is 9.94. The zero-order valence-electron chi connectivity index (χ0n) is 20.6. The maximum absolute atomic E-state index is 13.7. The van der Waals surface area contributed by atoms with Crippen LogP contribution in [-0.4, -0.2) is 36.9 Å². The Bertz CT molecular complexity index is 1290. The summed E-state index contributed by atoms with van der Waals surface area (Å²) in [6.45, 7) is 3.95. The van der Waals surface area contributed by atoms with Crippen LogP contribution in [0.15, 0.2) is 72.6 Å². The first-order valence-corrected chi connectivity index (χ1v) is 11.5. The van der Waals surface area contributed by atoms with Crippen molar-refractivity contribution in [2.75, 3.05) is 14.2 Å². The number of ketones is 1.